The SMILES string of the molecule is COCCn1ncc(Cl)c1C(NN)C1CC2CCC1O2. The molecule has 112 valence electrons. The summed E-state index contributed by atoms with van der Waals surface area (Å²) >= 11 is 6.32. The van der Waals surface area contributed by atoms with E-state index in [2.05, 4.69) is 10.5 Å². The highest BCUT2D eigenvalue weighted by atomic mass is 35.5. The first kappa shape index (κ1) is 14.3. The second-order valence-electron chi connectivity index (χ2n) is 5.51. The summed E-state index contributed by atoms with van der Waals surface area (Å²) in [5.74, 6) is 6.16. The molecule has 7 heteroatoms. The molecular weight excluding hydrogens is 280 g/mol. The van der Waals surface area contributed by atoms with Crippen LogP contribution in [0.3, 0.4) is 0 Å². The zero-order chi connectivity index (χ0) is 14.1. The number of nitrogens with one attached hydrogen (secondary N) is 1. The van der Waals surface area contributed by atoms with Crippen molar-refractivity contribution >= 4 is 11.6 Å². The van der Waals surface area contributed by atoms with Crippen LogP contribution in [0, 0.1) is 5.92 Å². The molecule has 0 spiro atoms. The third-order valence-electron chi connectivity index (χ3n) is 4.40. The van der Waals surface area contributed by atoms with Gasteiger partial charge in [0.1, 0.15) is 0 Å². The van der Waals surface area contributed by atoms with Crippen LogP contribution >= 0.6 is 11.6 Å². The van der Waals surface area contributed by atoms with E-state index in [1.165, 1.54) is 0 Å². The Kier molecular flexibility index (Phi) is 4.28. The number of ether oxygens (including phenoxy) is 2. The van der Waals surface area contributed by atoms with E-state index in [1.54, 1.807) is 13.3 Å². The molecule has 0 radical (unpaired) electrons. The summed E-state index contributed by atoms with van der Waals surface area (Å²) in [5, 5.41) is 4.97. The van der Waals surface area contributed by atoms with E-state index in [-0.39, 0.29) is 12.1 Å². The van der Waals surface area contributed by atoms with Crippen molar-refractivity contribution in [3.05, 3.63) is 16.9 Å². The van der Waals surface area contributed by atoms with Crippen molar-refractivity contribution in [2.45, 2.75) is 44.1 Å². The van der Waals surface area contributed by atoms with Gasteiger partial charge < -0.3 is 9.47 Å². The number of halogens is 1. The van der Waals surface area contributed by atoms with Crippen LogP contribution in [0.4, 0.5) is 0 Å². The minimum atomic E-state index is -0.0304. The maximum absolute atomic E-state index is 6.32. The number of hydrogen-bond acceptors (Lipinski definition) is 5. The smallest absolute Gasteiger partial charge is 0.0834 e. The van der Waals surface area contributed by atoms with E-state index < -0.39 is 0 Å². The van der Waals surface area contributed by atoms with Crippen LogP contribution in [-0.4, -0.2) is 35.7 Å². The molecule has 2 fully saturated rings. The summed E-state index contributed by atoms with van der Waals surface area (Å²) in [5.41, 5.74) is 3.86. The molecule has 0 aromatic carbocycles. The number of fused-ring (bicyclic) bond motifs is 2. The third-order valence-corrected chi connectivity index (χ3v) is 4.69. The number of hydrazine groups is 1. The predicted octanol–water partition coefficient (Wildman–Crippen LogP) is 1.25. The molecule has 2 aliphatic rings. The second kappa shape index (κ2) is 5.99. The highest BCUT2D eigenvalue weighted by Crippen LogP contribution is 2.45. The molecule has 4 unspecified atom stereocenters. The Morgan fingerprint density at radius 3 is 3.10 bits per heavy atom. The first-order valence-corrected chi connectivity index (χ1v) is 7.44. The Hall–Kier alpha value is -0.660. The molecule has 6 nitrogen and oxygen atoms in total. The summed E-state index contributed by atoms with van der Waals surface area (Å²) in [6.45, 7) is 1.26. The lowest BCUT2D eigenvalue weighted by Crippen LogP contribution is -2.39. The number of methoxy groups -OCH3 is 1. The third kappa shape index (κ3) is 2.46. The topological polar surface area (TPSA) is 74.3 Å². The highest BCUT2D eigenvalue weighted by Gasteiger charge is 2.45. The molecule has 3 rings (SSSR count). The average molecular weight is 301 g/mol. The van der Waals surface area contributed by atoms with Gasteiger partial charge in [-0.2, -0.15) is 5.10 Å². The van der Waals surface area contributed by atoms with Crippen LogP contribution < -0.4 is 11.3 Å². The molecule has 3 heterocycles. The van der Waals surface area contributed by atoms with Gasteiger partial charge in [-0.05, 0) is 19.3 Å². The van der Waals surface area contributed by atoms with Crippen LogP contribution in [0.2, 0.25) is 5.02 Å². The largest absolute Gasteiger partial charge is 0.383 e. The van der Waals surface area contributed by atoms with Gasteiger partial charge in [-0.15, -0.1) is 0 Å². The molecule has 0 aliphatic carbocycles. The second-order valence-corrected chi connectivity index (χ2v) is 5.92. The summed E-state index contributed by atoms with van der Waals surface area (Å²) in [6, 6.07) is -0.0304. The monoisotopic (exact) mass is 300 g/mol. The highest BCUT2D eigenvalue weighted by molar-refractivity contribution is 6.31. The van der Waals surface area contributed by atoms with Gasteiger partial charge >= 0.3 is 0 Å². The lowest BCUT2D eigenvalue weighted by atomic mass is 9.83. The van der Waals surface area contributed by atoms with Gasteiger partial charge in [-0.3, -0.25) is 16.0 Å². The summed E-state index contributed by atoms with van der Waals surface area (Å²) in [6.07, 6.45) is 5.64. The van der Waals surface area contributed by atoms with Crippen LogP contribution in [0.15, 0.2) is 6.20 Å². The Balaban J connectivity index is 1.83. The van der Waals surface area contributed by atoms with Gasteiger partial charge in [0.2, 0.25) is 0 Å². The minimum Gasteiger partial charge on any atom is -0.383 e. The van der Waals surface area contributed by atoms with Crippen molar-refractivity contribution < 1.29 is 9.47 Å². The van der Waals surface area contributed by atoms with Crippen LogP contribution in [0.25, 0.3) is 0 Å². The van der Waals surface area contributed by atoms with Crippen LogP contribution in [0.5, 0.6) is 0 Å². The van der Waals surface area contributed by atoms with Crippen molar-refractivity contribution in [2.24, 2.45) is 11.8 Å². The van der Waals surface area contributed by atoms with E-state index in [0.717, 1.165) is 25.0 Å². The zero-order valence-corrected chi connectivity index (χ0v) is 12.3. The molecule has 0 amide bonds. The fourth-order valence-corrected chi connectivity index (χ4v) is 3.73. The summed E-state index contributed by atoms with van der Waals surface area (Å²) in [4.78, 5) is 0. The predicted molar refractivity (Wildman–Crippen MR) is 75.2 cm³/mol. The zero-order valence-electron chi connectivity index (χ0n) is 11.6. The molecule has 1 aromatic heterocycles. The maximum Gasteiger partial charge on any atom is 0.0834 e. The average Bonchev–Trinajstić information content (AvgIpc) is 3.15. The number of nitrogens with two attached hydrogens (primary N) is 1. The van der Waals surface area contributed by atoms with Crippen molar-refractivity contribution in [2.75, 3.05) is 13.7 Å². The molecule has 4 atom stereocenters. The van der Waals surface area contributed by atoms with Crippen LogP contribution in [0.1, 0.15) is 31.0 Å². The fraction of sp³-hybridized carbons (Fsp3) is 0.769. The molecular formula is C13H21ClN4O2. The van der Waals surface area contributed by atoms with Crippen molar-refractivity contribution in [3.8, 4) is 0 Å². The summed E-state index contributed by atoms with van der Waals surface area (Å²) in [7, 11) is 1.67. The maximum atomic E-state index is 6.32. The number of rotatable bonds is 6. The normalized spacial score (nSPS) is 30.1. The summed E-state index contributed by atoms with van der Waals surface area (Å²) < 4.78 is 12.9. The number of hydrogen-bond donors (Lipinski definition) is 2. The Morgan fingerprint density at radius 1 is 1.65 bits per heavy atom. The van der Waals surface area contributed by atoms with E-state index in [0.29, 0.717) is 30.2 Å². The quantitative estimate of drug-likeness (QED) is 0.611. The van der Waals surface area contributed by atoms with E-state index >= 15 is 0 Å². The van der Waals surface area contributed by atoms with Crippen molar-refractivity contribution in [1.29, 1.82) is 0 Å². The lowest BCUT2D eigenvalue weighted by molar-refractivity contribution is 0.0847. The Bertz CT molecular complexity index is 467. The Morgan fingerprint density at radius 2 is 2.50 bits per heavy atom. The molecule has 2 aliphatic heterocycles. The van der Waals surface area contributed by atoms with Crippen molar-refractivity contribution in [1.82, 2.24) is 15.2 Å². The van der Waals surface area contributed by atoms with E-state index in [4.69, 9.17) is 26.9 Å². The van der Waals surface area contributed by atoms with Gasteiger partial charge in [0.15, 0.2) is 0 Å². The standard InChI is InChI=1S/C13H21ClN4O2/c1-19-5-4-18-13(10(14)7-16-18)12(17-15)9-6-8-2-3-11(9)20-8/h7-9,11-12,17H,2-6,15H2,1H3. The molecule has 3 N–H and O–H groups in total. The molecule has 0 saturated carbocycles. The molecule has 2 bridgehead atoms. The number of aromatic nitrogens is 2. The van der Waals surface area contributed by atoms with Crippen LogP contribution in [-0.2, 0) is 16.0 Å². The van der Waals surface area contributed by atoms with Gasteiger partial charge in [0.25, 0.3) is 0 Å². The minimum absolute atomic E-state index is 0.0304. The van der Waals surface area contributed by atoms with Gasteiger partial charge in [0, 0.05) is 13.0 Å². The first-order chi connectivity index (χ1) is 9.74. The fourth-order valence-electron chi connectivity index (χ4n) is 3.47. The Labute approximate surface area is 123 Å². The van der Waals surface area contributed by atoms with E-state index in [1.807, 2.05) is 4.68 Å². The van der Waals surface area contributed by atoms with E-state index in [9.17, 15) is 0 Å². The van der Waals surface area contributed by atoms with Gasteiger partial charge in [-0.1, -0.05) is 11.6 Å². The van der Waals surface area contributed by atoms with Gasteiger partial charge in [-0.25, -0.2) is 0 Å². The lowest BCUT2D eigenvalue weighted by Gasteiger charge is -2.28. The van der Waals surface area contributed by atoms with Crippen molar-refractivity contribution in [3.63, 3.8) is 0 Å². The first-order valence-electron chi connectivity index (χ1n) is 7.06. The molecule has 20 heavy (non-hydrogen) atoms. The van der Waals surface area contributed by atoms with Gasteiger partial charge in [0.05, 0.1) is 48.3 Å². The molecule has 2 saturated heterocycles. The molecule has 1 aromatic rings. The number of nitrogens with zero attached hydrogens (tertiary/aromatic N) is 2.